The second-order valence-electron chi connectivity index (χ2n) is 4.31. The number of halogens is 1. The van der Waals surface area contributed by atoms with Crippen molar-refractivity contribution in [2.75, 3.05) is 12.3 Å². The first-order chi connectivity index (χ1) is 8.38. The fourth-order valence-corrected chi connectivity index (χ4v) is 3.30. The predicted octanol–water partition coefficient (Wildman–Crippen LogP) is 0.864. The highest BCUT2D eigenvalue weighted by Crippen LogP contribution is 2.19. The van der Waals surface area contributed by atoms with Crippen LogP contribution < -0.4 is 10.5 Å². The van der Waals surface area contributed by atoms with E-state index in [1.807, 2.05) is 0 Å². The maximum atomic E-state index is 13.2. The third kappa shape index (κ3) is 2.80. The monoisotopic (exact) mass is 274 g/mol. The van der Waals surface area contributed by atoms with Crippen molar-refractivity contribution in [3.63, 3.8) is 0 Å². The van der Waals surface area contributed by atoms with Crippen LogP contribution in [0.5, 0.6) is 0 Å². The van der Waals surface area contributed by atoms with Crippen LogP contribution in [-0.2, 0) is 14.8 Å². The van der Waals surface area contributed by atoms with Crippen molar-refractivity contribution < 1.29 is 17.5 Å². The SMILES string of the molecule is CC1OCCC1NS(=O)(=O)c1cc(N)cc(F)c1. The Hall–Kier alpha value is -1.18. The molecule has 1 saturated heterocycles. The van der Waals surface area contributed by atoms with Gasteiger partial charge in [0.2, 0.25) is 10.0 Å². The summed E-state index contributed by atoms with van der Waals surface area (Å²) in [5.41, 5.74) is 5.51. The van der Waals surface area contributed by atoms with E-state index in [9.17, 15) is 12.8 Å². The summed E-state index contributed by atoms with van der Waals surface area (Å²) in [6.45, 7) is 2.31. The highest BCUT2D eigenvalue weighted by molar-refractivity contribution is 7.89. The number of hydrogen-bond donors (Lipinski definition) is 2. The Morgan fingerprint density at radius 1 is 1.44 bits per heavy atom. The molecule has 1 fully saturated rings. The zero-order chi connectivity index (χ0) is 13.3. The van der Waals surface area contributed by atoms with Gasteiger partial charge in [-0.05, 0) is 31.5 Å². The van der Waals surface area contributed by atoms with Gasteiger partial charge in [0.15, 0.2) is 0 Å². The van der Waals surface area contributed by atoms with Crippen LogP contribution in [0, 0.1) is 5.82 Å². The van der Waals surface area contributed by atoms with Gasteiger partial charge in [0, 0.05) is 12.3 Å². The highest BCUT2D eigenvalue weighted by atomic mass is 32.2. The van der Waals surface area contributed by atoms with E-state index in [4.69, 9.17) is 10.5 Å². The molecule has 0 spiro atoms. The summed E-state index contributed by atoms with van der Waals surface area (Å²) in [7, 11) is -3.77. The van der Waals surface area contributed by atoms with E-state index in [0.29, 0.717) is 13.0 Å². The van der Waals surface area contributed by atoms with Crippen LogP contribution in [0.4, 0.5) is 10.1 Å². The maximum Gasteiger partial charge on any atom is 0.241 e. The molecule has 1 aliphatic heterocycles. The van der Waals surface area contributed by atoms with Crippen molar-refractivity contribution in [1.82, 2.24) is 4.72 Å². The van der Waals surface area contributed by atoms with Crippen molar-refractivity contribution >= 4 is 15.7 Å². The van der Waals surface area contributed by atoms with Gasteiger partial charge >= 0.3 is 0 Å². The lowest BCUT2D eigenvalue weighted by molar-refractivity contribution is 0.117. The zero-order valence-electron chi connectivity index (χ0n) is 9.89. The van der Waals surface area contributed by atoms with E-state index in [1.165, 1.54) is 6.07 Å². The maximum absolute atomic E-state index is 13.2. The molecular formula is C11H15FN2O3S. The van der Waals surface area contributed by atoms with Gasteiger partial charge in [-0.2, -0.15) is 0 Å². The molecule has 2 atom stereocenters. The van der Waals surface area contributed by atoms with Crippen molar-refractivity contribution in [3.05, 3.63) is 24.0 Å². The van der Waals surface area contributed by atoms with Crippen LogP contribution in [0.2, 0.25) is 0 Å². The fourth-order valence-electron chi connectivity index (χ4n) is 1.89. The van der Waals surface area contributed by atoms with E-state index in [1.54, 1.807) is 6.92 Å². The molecule has 3 N–H and O–H groups in total. The summed E-state index contributed by atoms with van der Waals surface area (Å²) in [6, 6.07) is 2.95. The third-order valence-corrected chi connectivity index (χ3v) is 4.36. The zero-order valence-corrected chi connectivity index (χ0v) is 10.7. The Kier molecular flexibility index (Phi) is 3.56. The minimum atomic E-state index is -3.77. The first kappa shape index (κ1) is 13.3. The lowest BCUT2D eigenvalue weighted by atomic mass is 10.2. The summed E-state index contributed by atoms with van der Waals surface area (Å²) in [5.74, 6) is -0.675. The second kappa shape index (κ2) is 4.83. The molecule has 0 radical (unpaired) electrons. The minimum Gasteiger partial charge on any atom is -0.399 e. The van der Waals surface area contributed by atoms with Crippen LogP contribution in [0.25, 0.3) is 0 Å². The Balaban J connectivity index is 2.25. The van der Waals surface area contributed by atoms with Gasteiger partial charge < -0.3 is 10.5 Å². The molecule has 1 heterocycles. The smallest absolute Gasteiger partial charge is 0.241 e. The van der Waals surface area contributed by atoms with Crippen molar-refractivity contribution in [2.45, 2.75) is 30.4 Å². The van der Waals surface area contributed by atoms with E-state index in [-0.39, 0.29) is 22.7 Å². The van der Waals surface area contributed by atoms with Gasteiger partial charge in [-0.15, -0.1) is 0 Å². The Labute approximate surface area is 105 Å². The molecular weight excluding hydrogens is 259 g/mol. The Bertz CT molecular complexity index is 527. The summed E-state index contributed by atoms with van der Waals surface area (Å²) in [5, 5.41) is 0. The first-order valence-electron chi connectivity index (χ1n) is 5.58. The second-order valence-corrected chi connectivity index (χ2v) is 6.03. The van der Waals surface area contributed by atoms with Crippen LogP contribution >= 0.6 is 0 Å². The number of anilines is 1. The molecule has 2 rings (SSSR count). The van der Waals surface area contributed by atoms with Crippen molar-refractivity contribution in [3.8, 4) is 0 Å². The van der Waals surface area contributed by atoms with Crippen molar-refractivity contribution in [1.29, 1.82) is 0 Å². The van der Waals surface area contributed by atoms with Crippen LogP contribution in [0.15, 0.2) is 23.1 Å². The van der Waals surface area contributed by atoms with Gasteiger partial charge in [-0.1, -0.05) is 0 Å². The van der Waals surface area contributed by atoms with E-state index < -0.39 is 15.8 Å². The average Bonchev–Trinajstić information content (AvgIpc) is 2.62. The van der Waals surface area contributed by atoms with Gasteiger partial charge in [-0.3, -0.25) is 0 Å². The number of rotatable bonds is 3. The summed E-state index contributed by atoms with van der Waals surface area (Å²) in [6.07, 6.45) is 0.413. The number of nitrogens with one attached hydrogen (secondary N) is 1. The summed E-state index contributed by atoms with van der Waals surface area (Å²) in [4.78, 5) is -0.167. The van der Waals surface area contributed by atoms with Gasteiger partial charge in [0.05, 0.1) is 17.0 Å². The first-order valence-corrected chi connectivity index (χ1v) is 7.07. The van der Waals surface area contributed by atoms with E-state index >= 15 is 0 Å². The summed E-state index contributed by atoms with van der Waals surface area (Å²) >= 11 is 0. The average molecular weight is 274 g/mol. The molecule has 18 heavy (non-hydrogen) atoms. The van der Waals surface area contributed by atoms with Crippen LogP contribution in [0.1, 0.15) is 13.3 Å². The largest absolute Gasteiger partial charge is 0.399 e. The standard InChI is InChI=1S/C11H15FN2O3S/c1-7-11(2-3-17-7)14-18(15,16)10-5-8(12)4-9(13)6-10/h4-7,11,14H,2-3,13H2,1H3. The van der Waals surface area contributed by atoms with Crippen molar-refractivity contribution in [2.24, 2.45) is 0 Å². The molecule has 0 aromatic heterocycles. The number of nitrogen functional groups attached to an aromatic ring is 1. The topological polar surface area (TPSA) is 81.4 Å². The van der Waals surface area contributed by atoms with Gasteiger partial charge in [0.25, 0.3) is 0 Å². The quantitative estimate of drug-likeness (QED) is 0.801. The number of hydrogen-bond acceptors (Lipinski definition) is 4. The molecule has 0 saturated carbocycles. The molecule has 0 amide bonds. The lowest BCUT2D eigenvalue weighted by Gasteiger charge is -2.16. The third-order valence-electron chi connectivity index (χ3n) is 2.89. The lowest BCUT2D eigenvalue weighted by Crippen LogP contribution is -2.39. The number of benzene rings is 1. The van der Waals surface area contributed by atoms with Gasteiger partial charge in [-0.25, -0.2) is 17.5 Å². The predicted molar refractivity (Wildman–Crippen MR) is 65.0 cm³/mol. The Morgan fingerprint density at radius 3 is 2.72 bits per heavy atom. The number of nitrogens with two attached hydrogens (primary N) is 1. The molecule has 100 valence electrons. The van der Waals surface area contributed by atoms with Crippen LogP contribution in [-0.4, -0.2) is 27.2 Å². The minimum absolute atomic E-state index is 0.0751. The molecule has 2 unspecified atom stereocenters. The molecule has 1 aromatic rings. The Morgan fingerprint density at radius 2 is 2.17 bits per heavy atom. The molecule has 0 bridgehead atoms. The van der Waals surface area contributed by atoms with E-state index in [2.05, 4.69) is 4.72 Å². The number of ether oxygens (including phenoxy) is 1. The normalized spacial score (nSPS) is 24.3. The highest BCUT2D eigenvalue weighted by Gasteiger charge is 2.29. The molecule has 0 aliphatic carbocycles. The molecule has 5 nitrogen and oxygen atoms in total. The fraction of sp³-hybridized carbons (Fsp3) is 0.455. The van der Waals surface area contributed by atoms with E-state index in [0.717, 1.165) is 12.1 Å². The molecule has 7 heteroatoms. The van der Waals surface area contributed by atoms with Gasteiger partial charge in [0.1, 0.15) is 5.82 Å². The summed E-state index contributed by atoms with van der Waals surface area (Å²) < 4.78 is 45.0. The molecule has 1 aromatic carbocycles. The number of sulfonamides is 1. The molecule has 1 aliphatic rings. The van der Waals surface area contributed by atoms with Crippen LogP contribution in [0.3, 0.4) is 0 Å².